The van der Waals surface area contributed by atoms with Gasteiger partial charge in [-0.25, -0.2) is 0 Å². The van der Waals surface area contributed by atoms with E-state index < -0.39 is 29.9 Å². The molecule has 0 bridgehead atoms. The highest BCUT2D eigenvalue weighted by molar-refractivity contribution is 6.10. The summed E-state index contributed by atoms with van der Waals surface area (Å²) in [5, 5.41) is 10.1. The second-order valence-electron chi connectivity index (χ2n) is 6.99. The monoisotopic (exact) mass is 410 g/mol. The molecule has 1 aliphatic rings. The van der Waals surface area contributed by atoms with E-state index in [2.05, 4.69) is 0 Å². The lowest BCUT2D eigenvalue weighted by molar-refractivity contribution is -0.123. The third kappa shape index (κ3) is 3.40. The van der Waals surface area contributed by atoms with Gasteiger partial charge in [-0.3, -0.25) is 24.2 Å². The quantitative estimate of drug-likeness (QED) is 0.716. The van der Waals surface area contributed by atoms with Gasteiger partial charge in [0.15, 0.2) is 0 Å². The van der Waals surface area contributed by atoms with Gasteiger partial charge >= 0.3 is 0 Å². The average Bonchev–Trinajstić information content (AvgIpc) is 2.82. The molecule has 0 saturated heterocycles. The highest BCUT2D eigenvalue weighted by atomic mass is 16.2. The maximum absolute atomic E-state index is 13.4. The van der Waals surface area contributed by atoms with Gasteiger partial charge in [-0.05, 0) is 30.3 Å². The van der Waals surface area contributed by atoms with Crippen LogP contribution in [0, 0.1) is 11.3 Å². The van der Waals surface area contributed by atoms with Crippen LogP contribution in [0.2, 0.25) is 0 Å². The van der Waals surface area contributed by atoms with Gasteiger partial charge in [0.2, 0.25) is 12.1 Å². The number of carbonyl (C=O) groups excluding carboxylic acids is 3. The number of para-hydroxylation sites is 1. The molecule has 1 heterocycles. The maximum Gasteiger partial charge on any atom is 0.260 e. The summed E-state index contributed by atoms with van der Waals surface area (Å²) >= 11 is 0. The second-order valence-corrected chi connectivity index (χ2v) is 6.99. The number of hydrogen-bond acceptors (Lipinski definition) is 4. The SMILES string of the molecule is N#CC1N(C(=O)c2ccccc2)c2ccccc2C(C(N)=O)N1C(=O)c1ccccc1. The molecule has 4 rings (SSSR count). The van der Waals surface area contributed by atoms with Crippen molar-refractivity contribution in [2.24, 2.45) is 5.73 Å². The Balaban J connectivity index is 1.93. The fourth-order valence-corrected chi connectivity index (χ4v) is 3.79. The fourth-order valence-electron chi connectivity index (χ4n) is 3.79. The van der Waals surface area contributed by atoms with Crippen LogP contribution in [0.4, 0.5) is 5.69 Å². The zero-order valence-electron chi connectivity index (χ0n) is 16.4. The lowest BCUT2D eigenvalue weighted by Crippen LogP contribution is -2.59. The number of anilines is 1. The molecule has 152 valence electrons. The highest BCUT2D eigenvalue weighted by Gasteiger charge is 2.47. The molecule has 2 N–H and O–H groups in total. The predicted molar refractivity (Wildman–Crippen MR) is 114 cm³/mol. The lowest BCUT2D eigenvalue weighted by atomic mass is 9.95. The van der Waals surface area contributed by atoms with E-state index in [0.717, 1.165) is 4.90 Å². The van der Waals surface area contributed by atoms with E-state index in [4.69, 9.17) is 5.73 Å². The number of nitrogens with two attached hydrogens (primary N) is 1. The molecule has 0 aliphatic carbocycles. The van der Waals surface area contributed by atoms with Gasteiger partial charge in [0.05, 0.1) is 5.69 Å². The Bertz CT molecular complexity index is 1190. The van der Waals surface area contributed by atoms with E-state index in [1.807, 2.05) is 6.07 Å². The van der Waals surface area contributed by atoms with Crippen LogP contribution in [-0.4, -0.2) is 28.8 Å². The molecule has 2 unspecified atom stereocenters. The molecule has 0 radical (unpaired) electrons. The average molecular weight is 410 g/mol. The molecule has 1 aliphatic heterocycles. The molecule has 7 heteroatoms. The molecule has 0 aromatic heterocycles. The largest absolute Gasteiger partial charge is 0.368 e. The molecule has 3 amide bonds. The first kappa shape index (κ1) is 19.9. The number of primary amides is 1. The van der Waals surface area contributed by atoms with Gasteiger partial charge in [0, 0.05) is 16.7 Å². The Kier molecular flexibility index (Phi) is 5.21. The second kappa shape index (κ2) is 8.13. The molecule has 0 spiro atoms. The number of benzene rings is 3. The number of carbonyl (C=O) groups is 3. The molecule has 3 aromatic rings. The van der Waals surface area contributed by atoms with Crippen molar-refractivity contribution < 1.29 is 14.4 Å². The van der Waals surface area contributed by atoms with Crippen LogP contribution in [-0.2, 0) is 4.79 Å². The van der Waals surface area contributed by atoms with Crippen LogP contribution in [0.1, 0.15) is 32.3 Å². The van der Waals surface area contributed by atoms with Crippen LogP contribution in [0.5, 0.6) is 0 Å². The third-order valence-corrected chi connectivity index (χ3v) is 5.16. The number of rotatable bonds is 3. The summed E-state index contributed by atoms with van der Waals surface area (Å²) in [4.78, 5) is 41.7. The van der Waals surface area contributed by atoms with Crippen LogP contribution in [0.3, 0.4) is 0 Å². The standard InChI is InChI=1S/C24H18N4O3/c25-15-20-27(23(30)16-9-3-1-4-10-16)19-14-8-7-13-18(19)21(22(26)29)28(20)24(31)17-11-5-2-6-12-17/h1-14,20-21H,(H2,26,29). The number of amides is 3. The minimum Gasteiger partial charge on any atom is -0.368 e. The summed E-state index contributed by atoms with van der Waals surface area (Å²) < 4.78 is 0. The van der Waals surface area contributed by atoms with Crippen molar-refractivity contribution in [1.29, 1.82) is 5.26 Å². The molecular formula is C24H18N4O3. The Morgan fingerprint density at radius 1 is 0.774 bits per heavy atom. The minimum atomic E-state index is -1.37. The first-order valence-corrected chi connectivity index (χ1v) is 9.58. The maximum atomic E-state index is 13.4. The van der Waals surface area contributed by atoms with Gasteiger partial charge in [-0.1, -0.05) is 54.6 Å². The van der Waals surface area contributed by atoms with Crippen LogP contribution in [0.25, 0.3) is 0 Å². The summed E-state index contributed by atoms with van der Waals surface area (Å²) in [6, 6.07) is 24.2. The summed E-state index contributed by atoms with van der Waals surface area (Å²) in [6.07, 6.45) is -1.37. The number of nitriles is 1. The predicted octanol–water partition coefficient (Wildman–Crippen LogP) is 2.87. The molecular weight excluding hydrogens is 392 g/mol. The molecule has 0 fully saturated rings. The Morgan fingerprint density at radius 2 is 1.29 bits per heavy atom. The van der Waals surface area contributed by atoms with Crippen molar-refractivity contribution in [3.63, 3.8) is 0 Å². The van der Waals surface area contributed by atoms with Crippen molar-refractivity contribution in [2.75, 3.05) is 4.90 Å². The lowest BCUT2D eigenvalue weighted by Gasteiger charge is -2.44. The van der Waals surface area contributed by atoms with E-state index in [1.54, 1.807) is 84.9 Å². The van der Waals surface area contributed by atoms with Gasteiger partial charge in [-0.15, -0.1) is 0 Å². The van der Waals surface area contributed by atoms with E-state index >= 15 is 0 Å². The van der Waals surface area contributed by atoms with Crippen LogP contribution in [0.15, 0.2) is 84.9 Å². The van der Waals surface area contributed by atoms with Crippen molar-refractivity contribution in [3.8, 4) is 6.07 Å². The summed E-state index contributed by atoms with van der Waals surface area (Å²) in [6.45, 7) is 0. The van der Waals surface area contributed by atoms with E-state index in [9.17, 15) is 19.6 Å². The van der Waals surface area contributed by atoms with Crippen LogP contribution < -0.4 is 10.6 Å². The minimum absolute atomic E-state index is 0.278. The van der Waals surface area contributed by atoms with Gasteiger partial charge in [0.1, 0.15) is 12.1 Å². The normalized spacial score (nSPS) is 17.4. The fraction of sp³-hybridized carbons (Fsp3) is 0.0833. The molecule has 7 nitrogen and oxygen atoms in total. The van der Waals surface area contributed by atoms with E-state index in [0.29, 0.717) is 16.8 Å². The first-order chi connectivity index (χ1) is 15.0. The Hall–Kier alpha value is -4.44. The molecule has 3 aromatic carbocycles. The topological polar surface area (TPSA) is 108 Å². The first-order valence-electron chi connectivity index (χ1n) is 9.58. The number of fused-ring (bicyclic) bond motifs is 1. The van der Waals surface area contributed by atoms with Gasteiger partial charge in [0.25, 0.3) is 11.8 Å². The smallest absolute Gasteiger partial charge is 0.260 e. The van der Waals surface area contributed by atoms with Crippen molar-refractivity contribution >= 4 is 23.4 Å². The molecule has 2 atom stereocenters. The van der Waals surface area contributed by atoms with Crippen molar-refractivity contribution in [1.82, 2.24) is 4.90 Å². The van der Waals surface area contributed by atoms with Crippen LogP contribution >= 0.6 is 0 Å². The highest BCUT2D eigenvalue weighted by Crippen LogP contribution is 2.40. The third-order valence-electron chi connectivity index (χ3n) is 5.16. The summed E-state index contributed by atoms with van der Waals surface area (Å²) in [5.74, 6) is -1.83. The molecule has 0 saturated carbocycles. The zero-order valence-corrected chi connectivity index (χ0v) is 16.4. The number of hydrogen-bond donors (Lipinski definition) is 1. The molecule has 31 heavy (non-hydrogen) atoms. The van der Waals surface area contributed by atoms with E-state index in [1.165, 1.54) is 4.90 Å². The Labute approximate surface area is 178 Å². The van der Waals surface area contributed by atoms with E-state index in [-0.39, 0.29) is 5.56 Å². The Morgan fingerprint density at radius 3 is 1.84 bits per heavy atom. The van der Waals surface area contributed by atoms with Crippen molar-refractivity contribution in [2.45, 2.75) is 12.2 Å². The van der Waals surface area contributed by atoms with Gasteiger partial charge < -0.3 is 5.73 Å². The van der Waals surface area contributed by atoms with Gasteiger partial charge in [-0.2, -0.15) is 5.26 Å². The summed E-state index contributed by atoms with van der Waals surface area (Å²) in [7, 11) is 0. The van der Waals surface area contributed by atoms with Crippen molar-refractivity contribution in [3.05, 3.63) is 102 Å². The zero-order chi connectivity index (χ0) is 22.0. The number of nitrogens with zero attached hydrogens (tertiary/aromatic N) is 3. The summed E-state index contributed by atoms with van der Waals surface area (Å²) in [5.41, 5.74) is 7.07.